The van der Waals surface area contributed by atoms with Crippen molar-refractivity contribution >= 4 is 17.5 Å². The Balaban J connectivity index is 1.55. The lowest BCUT2D eigenvalue weighted by molar-refractivity contribution is -0.118. The maximum absolute atomic E-state index is 12.3. The van der Waals surface area contributed by atoms with Crippen LogP contribution in [0.25, 0.3) is 0 Å². The maximum atomic E-state index is 12.3. The summed E-state index contributed by atoms with van der Waals surface area (Å²) < 4.78 is 0. The topological polar surface area (TPSA) is 108 Å². The van der Waals surface area contributed by atoms with Crippen LogP contribution in [0.4, 0.5) is 0 Å². The van der Waals surface area contributed by atoms with E-state index in [0.717, 1.165) is 11.1 Å². The van der Waals surface area contributed by atoms with Crippen LogP contribution >= 0.6 is 0 Å². The molecule has 0 radical (unpaired) electrons. The highest BCUT2D eigenvalue weighted by Crippen LogP contribution is 2.02. The number of carbonyl (C=O) groups excluding carboxylic acids is 2. The Morgan fingerprint density at radius 2 is 1.58 bits per heavy atom. The average molecular weight is 350 g/mol. The summed E-state index contributed by atoms with van der Waals surface area (Å²) in [6, 6.07) is 7.34. The average Bonchev–Trinajstić information content (AvgIpc) is 2.72. The Morgan fingerprint density at radius 3 is 2.15 bits per heavy atom. The van der Waals surface area contributed by atoms with Gasteiger partial charge in [-0.15, -0.1) is 0 Å². The summed E-state index contributed by atoms with van der Waals surface area (Å²) in [5.41, 5.74) is 2.28. The Hall–Kier alpha value is -3.55. The molecule has 0 aromatic carbocycles. The Kier molecular flexibility index (Phi) is 5.66. The molecule has 8 nitrogen and oxygen atoms in total. The van der Waals surface area contributed by atoms with Gasteiger partial charge in [0.2, 0.25) is 0 Å². The van der Waals surface area contributed by atoms with Crippen molar-refractivity contribution in [2.24, 2.45) is 4.99 Å². The summed E-state index contributed by atoms with van der Waals surface area (Å²) in [5.74, 6) is -0.644. The molecule has 8 heteroatoms. The second kappa shape index (κ2) is 8.52. The van der Waals surface area contributed by atoms with Gasteiger partial charge in [-0.3, -0.25) is 24.5 Å². The van der Waals surface area contributed by atoms with E-state index in [9.17, 15) is 9.59 Å². The van der Waals surface area contributed by atoms with E-state index in [2.05, 4.69) is 30.9 Å². The van der Waals surface area contributed by atoms with Gasteiger partial charge in [-0.25, -0.2) is 0 Å². The molecule has 0 saturated heterocycles. The lowest BCUT2D eigenvalue weighted by atomic mass is 10.2. The van der Waals surface area contributed by atoms with E-state index in [0.29, 0.717) is 18.8 Å². The lowest BCUT2D eigenvalue weighted by Crippen LogP contribution is -2.38. The van der Waals surface area contributed by atoms with Crippen LogP contribution in [0.5, 0.6) is 0 Å². The molecule has 3 heterocycles. The van der Waals surface area contributed by atoms with E-state index in [-0.39, 0.29) is 24.2 Å². The zero-order chi connectivity index (χ0) is 18.2. The molecule has 1 aliphatic heterocycles. The first-order chi connectivity index (χ1) is 12.7. The van der Waals surface area contributed by atoms with Crippen molar-refractivity contribution in [2.45, 2.75) is 13.1 Å². The zero-order valence-electron chi connectivity index (χ0n) is 14.0. The van der Waals surface area contributed by atoms with Gasteiger partial charge in [0.25, 0.3) is 11.8 Å². The summed E-state index contributed by atoms with van der Waals surface area (Å²) in [6.07, 6.45) is 8.14. The van der Waals surface area contributed by atoms with Crippen molar-refractivity contribution in [3.05, 3.63) is 72.0 Å². The molecule has 3 N–H and O–H groups in total. The van der Waals surface area contributed by atoms with E-state index in [4.69, 9.17) is 0 Å². The predicted octanol–water partition coefficient (Wildman–Crippen LogP) is 0.295. The highest BCUT2D eigenvalue weighted by molar-refractivity contribution is 6.44. The number of hydrogen-bond donors (Lipinski definition) is 3. The van der Waals surface area contributed by atoms with E-state index in [1.54, 1.807) is 36.9 Å². The van der Waals surface area contributed by atoms with Crippen molar-refractivity contribution in [3.8, 4) is 0 Å². The van der Waals surface area contributed by atoms with Gasteiger partial charge in [0.1, 0.15) is 18.1 Å². The molecule has 0 unspecified atom stereocenters. The molecule has 0 fully saturated rings. The number of amides is 2. The fourth-order valence-electron chi connectivity index (χ4n) is 2.28. The van der Waals surface area contributed by atoms with Crippen molar-refractivity contribution in [1.82, 2.24) is 25.9 Å². The first-order valence-electron chi connectivity index (χ1n) is 8.06. The SMILES string of the molecule is O=C(NCc1cccnc1)C1=CC(C(=O)NCc2cccnc2)=NCN1. The second-order valence-corrected chi connectivity index (χ2v) is 5.52. The number of hydrogen-bond acceptors (Lipinski definition) is 6. The maximum Gasteiger partial charge on any atom is 0.269 e. The number of carbonyl (C=O) groups is 2. The number of aliphatic imine (C=N–C) groups is 1. The van der Waals surface area contributed by atoms with Crippen LogP contribution in [-0.2, 0) is 22.7 Å². The largest absolute Gasteiger partial charge is 0.362 e. The smallest absolute Gasteiger partial charge is 0.269 e. The highest BCUT2D eigenvalue weighted by atomic mass is 16.2. The first-order valence-corrected chi connectivity index (χ1v) is 8.06. The van der Waals surface area contributed by atoms with Crippen LogP contribution in [0, 0.1) is 0 Å². The Labute approximate surface area is 150 Å². The van der Waals surface area contributed by atoms with E-state index >= 15 is 0 Å². The summed E-state index contributed by atoms with van der Waals surface area (Å²) >= 11 is 0. The molecule has 0 aliphatic carbocycles. The van der Waals surface area contributed by atoms with E-state index in [1.807, 2.05) is 12.1 Å². The van der Waals surface area contributed by atoms with Crippen LogP contribution in [0.2, 0.25) is 0 Å². The molecule has 0 bridgehead atoms. The van der Waals surface area contributed by atoms with Crippen LogP contribution in [0.3, 0.4) is 0 Å². The highest BCUT2D eigenvalue weighted by Gasteiger charge is 2.17. The third-order valence-corrected chi connectivity index (χ3v) is 3.63. The van der Waals surface area contributed by atoms with Gasteiger partial charge in [-0.2, -0.15) is 0 Å². The number of rotatable bonds is 6. The molecular formula is C18H18N6O2. The molecule has 0 saturated carbocycles. The van der Waals surface area contributed by atoms with Crippen molar-refractivity contribution in [2.75, 3.05) is 6.67 Å². The van der Waals surface area contributed by atoms with Gasteiger partial charge in [-0.1, -0.05) is 12.1 Å². The van der Waals surface area contributed by atoms with Crippen LogP contribution in [0.15, 0.2) is 65.8 Å². The molecule has 0 atom stereocenters. The molecule has 1 aliphatic rings. The van der Waals surface area contributed by atoms with Crippen molar-refractivity contribution in [1.29, 1.82) is 0 Å². The van der Waals surface area contributed by atoms with Crippen LogP contribution in [-0.4, -0.2) is 34.2 Å². The molecule has 3 rings (SSSR count). The quantitative estimate of drug-likeness (QED) is 0.694. The third-order valence-electron chi connectivity index (χ3n) is 3.63. The van der Waals surface area contributed by atoms with Gasteiger partial charge in [0.05, 0.1) is 0 Å². The Morgan fingerprint density at radius 1 is 0.962 bits per heavy atom. The van der Waals surface area contributed by atoms with Crippen LogP contribution in [0.1, 0.15) is 11.1 Å². The molecule has 2 aromatic heterocycles. The summed E-state index contributed by atoms with van der Waals surface area (Å²) in [5, 5.41) is 8.41. The minimum atomic E-state index is -0.340. The standard InChI is InChI=1S/C18H18N6O2/c25-17(21-10-13-3-1-5-19-8-13)15-7-16(24-12-23-15)18(26)22-11-14-4-2-6-20-9-14/h1-9,23H,10-12H2,(H,21,25)(H,22,26). The van der Waals surface area contributed by atoms with Crippen molar-refractivity contribution in [3.63, 3.8) is 0 Å². The number of aromatic nitrogens is 2. The summed E-state index contributed by atoms with van der Waals surface area (Å²) in [6.45, 7) is 0.864. The molecule has 0 spiro atoms. The molecule has 132 valence electrons. The van der Waals surface area contributed by atoms with E-state index < -0.39 is 0 Å². The monoisotopic (exact) mass is 350 g/mol. The fraction of sp³-hybridized carbons (Fsp3) is 0.167. The van der Waals surface area contributed by atoms with Gasteiger partial charge in [0.15, 0.2) is 0 Å². The second-order valence-electron chi connectivity index (χ2n) is 5.52. The number of nitrogens with zero attached hydrogens (tertiary/aromatic N) is 3. The minimum Gasteiger partial charge on any atom is -0.362 e. The van der Waals surface area contributed by atoms with E-state index in [1.165, 1.54) is 6.08 Å². The third kappa shape index (κ3) is 4.73. The first kappa shape index (κ1) is 17.3. The Bertz CT molecular complexity index is 833. The molecule has 2 amide bonds. The normalized spacial score (nSPS) is 13.1. The summed E-state index contributed by atoms with van der Waals surface area (Å²) in [4.78, 5) is 36.6. The number of pyridine rings is 2. The summed E-state index contributed by atoms with van der Waals surface area (Å²) in [7, 11) is 0. The molecule has 26 heavy (non-hydrogen) atoms. The minimum absolute atomic E-state index is 0.168. The fourth-order valence-corrected chi connectivity index (χ4v) is 2.28. The van der Waals surface area contributed by atoms with Crippen molar-refractivity contribution < 1.29 is 9.59 Å². The van der Waals surface area contributed by atoms with Gasteiger partial charge < -0.3 is 16.0 Å². The van der Waals surface area contributed by atoms with Gasteiger partial charge >= 0.3 is 0 Å². The van der Waals surface area contributed by atoms with Crippen LogP contribution < -0.4 is 16.0 Å². The lowest BCUT2D eigenvalue weighted by Gasteiger charge is -2.15. The number of nitrogens with one attached hydrogen (secondary N) is 3. The van der Waals surface area contributed by atoms with Gasteiger partial charge in [-0.05, 0) is 29.3 Å². The molecular weight excluding hydrogens is 332 g/mol. The zero-order valence-corrected chi connectivity index (χ0v) is 14.0. The van der Waals surface area contributed by atoms with Gasteiger partial charge in [0, 0.05) is 37.9 Å². The molecule has 2 aromatic rings. The predicted molar refractivity (Wildman–Crippen MR) is 95.7 cm³/mol.